The third kappa shape index (κ3) is 3.35. The average Bonchev–Trinajstić information content (AvgIpc) is 3.03. The molecule has 2 heterocycles. The van der Waals surface area contributed by atoms with Crippen LogP contribution in [0.25, 0.3) is 16.9 Å². The zero-order valence-corrected chi connectivity index (χ0v) is 15.1. The topological polar surface area (TPSA) is 96.6 Å². The maximum absolute atomic E-state index is 14.2. The Morgan fingerprint density at radius 2 is 1.82 bits per heavy atom. The fourth-order valence-electron chi connectivity index (χ4n) is 2.73. The third-order valence-corrected chi connectivity index (χ3v) is 4.94. The van der Waals surface area contributed by atoms with E-state index in [1.165, 1.54) is 41.0 Å². The maximum atomic E-state index is 14.2. The van der Waals surface area contributed by atoms with E-state index in [4.69, 9.17) is 12.4 Å². The minimum atomic E-state index is -4.28. The van der Waals surface area contributed by atoms with Gasteiger partial charge >= 0.3 is 0 Å². The average molecular weight is 394 g/mol. The van der Waals surface area contributed by atoms with Crippen molar-refractivity contribution in [2.24, 2.45) is 0 Å². The molecule has 10 heteroatoms. The summed E-state index contributed by atoms with van der Waals surface area (Å²) >= 11 is 0. The first-order chi connectivity index (χ1) is 13.3. The summed E-state index contributed by atoms with van der Waals surface area (Å²) in [4.78, 5) is 4.17. The first-order valence-electron chi connectivity index (χ1n) is 8.07. The zero-order valence-electron chi connectivity index (χ0n) is 14.2. The molecule has 0 aliphatic carbocycles. The molecule has 2 N–H and O–H groups in total. The molecule has 4 aromatic rings. The molecule has 0 aliphatic heterocycles. The predicted octanol–water partition coefficient (Wildman–Crippen LogP) is 2.32. The SMILES string of the molecule is [B]c1cnn2c(Nc3ccc(S(=O)(=O)O)cc3)cc(-c3ccccc3F)nc12. The summed E-state index contributed by atoms with van der Waals surface area (Å²) in [5.74, 6) is 0.0143. The van der Waals surface area contributed by atoms with Gasteiger partial charge < -0.3 is 5.32 Å². The molecule has 0 fully saturated rings. The van der Waals surface area contributed by atoms with Gasteiger partial charge in [0, 0.05) is 23.5 Å². The Morgan fingerprint density at radius 3 is 2.50 bits per heavy atom. The van der Waals surface area contributed by atoms with Crippen molar-refractivity contribution in [3.63, 3.8) is 0 Å². The van der Waals surface area contributed by atoms with E-state index in [1.54, 1.807) is 24.3 Å². The number of hydrogen-bond donors (Lipinski definition) is 2. The van der Waals surface area contributed by atoms with Crippen LogP contribution < -0.4 is 10.8 Å². The lowest BCUT2D eigenvalue weighted by molar-refractivity contribution is 0.483. The van der Waals surface area contributed by atoms with E-state index in [1.807, 2.05) is 0 Å². The van der Waals surface area contributed by atoms with Crippen LogP contribution in [0.4, 0.5) is 15.9 Å². The predicted molar refractivity (Wildman–Crippen MR) is 103 cm³/mol. The highest BCUT2D eigenvalue weighted by molar-refractivity contribution is 7.85. The van der Waals surface area contributed by atoms with Gasteiger partial charge in [-0.2, -0.15) is 18.0 Å². The second kappa shape index (κ2) is 6.73. The molecule has 0 unspecified atom stereocenters. The number of anilines is 2. The van der Waals surface area contributed by atoms with Crippen LogP contribution in [0.3, 0.4) is 0 Å². The van der Waals surface area contributed by atoms with Gasteiger partial charge in [-0.25, -0.2) is 9.37 Å². The van der Waals surface area contributed by atoms with Crippen molar-refractivity contribution < 1.29 is 17.4 Å². The summed E-state index contributed by atoms with van der Waals surface area (Å²) in [6.45, 7) is 0. The molecule has 4 rings (SSSR count). The highest BCUT2D eigenvalue weighted by Crippen LogP contribution is 2.26. The van der Waals surface area contributed by atoms with Crippen LogP contribution in [-0.2, 0) is 10.1 Å². The van der Waals surface area contributed by atoms with Gasteiger partial charge in [0.1, 0.15) is 19.5 Å². The second-order valence-corrected chi connectivity index (χ2v) is 7.39. The molecule has 0 spiro atoms. The number of rotatable bonds is 4. The molecule has 0 bridgehead atoms. The van der Waals surface area contributed by atoms with Crippen LogP contribution in [0.5, 0.6) is 0 Å². The molecule has 0 atom stereocenters. The minimum Gasteiger partial charge on any atom is -0.340 e. The lowest BCUT2D eigenvalue weighted by Crippen LogP contribution is -2.07. The fraction of sp³-hybridized carbons (Fsp3) is 0. The van der Waals surface area contributed by atoms with E-state index in [0.29, 0.717) is 33.9 Å². The van der Waals surface area contributed by atoms with Crippen molar-refractivity contribution in [1.29, 1.82) is 0 Å². The van der Waals surface area contributed by atoms with E-state index >= 15 is 0 Å². The summed E-state index contributed by atoms with van der Waals surface area (Å²) in [6, 6.07) is 13.3. The minimum absolute atomic E-state index is 0.228. The Labute approximate surface area is 161 Å². The molecule has 0 aliphatic rings. The molecule has 2 aromatic carbocycles. The quantitative estimate of drug-likeness (QED) is 0.408. The first-order valence-corrected chi connectivity index (χ1v) is 9.51. The Balaban J connectivity index is 1.81. The van der Waals surface area contributed by atoms with Crippen molar-refractivity contribution in [3.05, 3.63) is 66.6 Å². The van der Waals surface area contributed by atoms with Gasteiger partial charge in [-0.1, -0.05) is 12.1 Å². The van der Waals surface area contributed by atoms with Crippen LogP contribution in [0.1, 0.15) is 0 Å². The lowest BCUT2D eigenvalue weighted by Gasteiger charge is -2.12. The molecule has 0 saturated carbocycles. The summed E-state index contributed by atoms with van der Waals surface area (Å²) in [5, 5.41) is 7.24. The van der Waals surface area contributed by atoms with Crippen molar-refractivity contribution >= 4 is 40.6 Å². The second-order valence-electron chi connectivity index (χ2n) is 5.97. The molecule has 7 nitrogen and oxygen atoms in total. The molecule has 0 amide bonds. The van der Waals surface area contributed by atoms with Crippen LogP contribution >= 0.6 is 0 Å². The monoisotopic (exact) mass is 394 g/mol. The maximum Gasteiger partial charge on any atom is 0.294 e. The normalized spacial score (nSPS) is 11.6. The van der Waals surface area contributed by atoms with E-state index in [-0.39, 0.29) is 4.90 Å². The number of benzene rings is 2. The summed E-state index contributed by atoms with van der Waals surface area (Å²) < 4.78 is 47.1. The molecular weight excluding hydrogens is 382 g/mol. The fourth-order valence-corrected chi connectivity index (χ4v) is 3.21. The molecule has 2 radical (unpaired) electrons. The van der Waals surface area contributed by atoms with E-state index in [0.717, 1.165) is 0 Å². The lowest BCUT2D eigenvalue weighted by atomic mass is 10.0. The number of hydrogen-bond acceptors (Lipinski definition) is 5. The van der Waals surface area contributed by atoms with E-state index in [9.17, 15) is 12.8 Å². The number of nitrogens with one attached hydrogen (secondary N) is 1. The Kier molecular flexibility index (Phi) is 4.36. The van der Waals surface area contributed by atoms with Crippen LogP contribution in [-0.4, -0.2) is 35.4 Å². The molecular formula is C18H12BFN4O3S. The van der Waals surface area contributed by atoms with Gasteiger partial charge in [-0.3, -0.25) is 4.55 Å². The van der Waals surface area contributed by atoms with Gasteiger partial charge in [0.25, 0.3) is 10.1 Å². The molecule has 138 valence electrons. The standard InChI is InChI=1S/C18H12BFN4O3S/c19-14-10-21-24-17(22-11-5-7-12(8-6-11)28(25,26)27)9-16(23-18(14)24)13-3-1-2-4-15(13)20/h1-10,22H,(H,25,26,27). The summed E-state index contributed by atoms with van der Waals surface area (Å²) in [6.07, 6.45) is 1.43. The molecule has 0 saturated heterocycles. The van der Waals surface area contributed by atoms with Crippen molar-refractivity contribution in [2.75, 3.05) is 5.32 Å². The van der Waals surface area contributed by atoms with Gasteiger partial charge in [0.2, 0.25) is 0 Å². The number of aromatic nitrogens is 3. The van der Waals surface area contributed by atoms with E-state index in [2.05, 4.69) is 15.4 Å². The highest BCUT2D eigenvalue weighted by atomic mass is 32.2. The number of fused-ring (bicyclic) bond motifs is 1. The van der Waals surface area contributed by atoms with E-state index < -0.39 is 15.9 Å². The number of halogens is 1. The molecule has 28 heavy (non-hydrogen) atoms. The van der Waals surface area contributed by atoms with Crippen LogP contribution in [0.2, 0.25) is 0 Å². The van der Waals surface area contributed by atoms with Crippen LogP contribution in [0, 0.1) is 5.82 Å². The first kappa shape index (κ1) is 18.1. The number of nitrogens with zero attached hydrogens (tertiary/aromatic N) is 3. The Bertz CT molecular complexity index is 1290. The van der Waals surface area contributed by atoms with Crippen molar-refractivity contribution in [1.82, 2.24) is 14.6 Å². The van der Waals surface area contributed by atoms with Crippen LogP contribution in [0.15, 0.2) is 65.7 Å². The van der Waals surface area contributed by atoms with Crippen molar-refractivity contribution in [3.8, 4) is 11.3 Å². The van der Waals surface area contributed by atoms with Crippen molar-refractivity contribution in [2.45, 2.75) is 4.90 Å². The summed E-state index contributed by atoms with van der Waals surface area (Å²) in [5.41, 5.74) is 1.85. The molecule has 2 aromatic heterocycles. The van der Waals surface area contributed by atoms with Gasteiger partial charge in [-0.15, -0.1) is 0 Å². The highest BCUT2D eigenvalue weighted by Gasteiger charge is 2.14. The Morgan fingerprint density at radius 1 is 1.11 bits per heavy atom. The smallest absolute Gasteiger partial charge is 0.294 e. The van der Waals surface area contributed by atoms with Gasteiger partial charge in [-0.05, 0) is 41.9 Å². The zero-order chi connectivity index (χ0) is 19.9. The third-order valence-electron chi connectivity index (χ3n) is 4.07. The summed E-state index contributed by atoms with van der Waals surface area (Å²) in [7, 11) is 1.64. The Hall–Kier alpha value is -3.24. The largest absolute Gasteiger partial charge is 0.340 e. The van der Waals surface area contributed by atoms with Gasteiger partial charge in [0.05, 0.1) is 10.6 Å². The van der Waals surface area contributed by atoms with Gasteiger partial charge in [0.15, 0.2) is 5.65 Å².